The van der Waals surface area contributed by atoms with Gasteiger partial charge < -0.3 is 10.1 Å². The molecule has 0 aromatic heterocycles. The van der Waals surface area contributed by atoms with Gasteiger partial charge in [0.05, 0.1) is 12.2 Å². The first kappa shape index (κ1) is 21.3. The molecule has 1 saturated carbocycles. The lowest BCUT2D eigenvalue weighted by molar-refractivity contribution is -0.105. The van der Waals surface area contributed by atoms with E-state index in [1.807, 2.05) is 12.1 Å². The molecule has 1 aliphatic heterocycles. The van der Waals surface area contributed by atoms with Crippen molar-refractivity contribution >= 4 is 12.4 Å². The highest BCUT2D eigenvalue weighted by atomic mass is 35.5. The summed E-state index contributed by atoms with van der Waals surface area (Å²) in [6, 6.07) is 15.8. The van der Waals surface area contributed by atoms with E-state index in [0.29, 0.717) is 11.8 Å². The van der Waals surface area contributed by atoms with Crippen LogP contribution in [-0.2, 0) is 11.3 Å². The zero-order chi connectivity index (χ0) is 18.7. The van der Waals surface area contributed by atoms with Crippen LogP contribution in [0.15, 0.2) is 48.5 Å². The van der Waals surface area contributed by atoms with Gasteiger partial charge in [0, 0.05) is 19.0 Å². The van der Waals surface area contributed by atoms with Crippen LogP contribution < -0.4 is 5.32 Å². The van der Waals surface area contributed by atoms with Crippen LogP contribution in [-0.4, -0.2) is 18.8 Å². The molecule has 2 aliphatic rings. The Morgan fingerprint density at radius 2 is 1.86 bits per heavy atom. The van der Waals surface area contributed by atoms with Gasteiger partial charge in [-0.1, -0.05) is 54.8 Å². The zero-order valence-corrected chi connectivity index (χ0v) is 17.4. The summed E-state index contributed by atoms with van der Waals surface area (Å²) in [5.74, 6) is 0.699. The summed E-state index contributed by atoms with van der Waals surface area (Å²) in [6.07, 6.45) is 5.95. The minimum atomic E-state index is -0.157. The van der Waals surface area contributed by atoms with Crippen LogP contribution in [0.5, 0.6) is 0 Å². The van der Waals surface area contributed by atoms with Crippen molar-refractivity contribution in [1.82, 2.24) is 5.32 Å². The number of aryl methyl sites for hydroxylation is 1. The normalized spacial score (nSPS) is 23.5. The van der Waals surface area contributed by atoms with Gasteiger partial charge >= 0.3 is 0 Å². The molecule has 1 heterocycles. The minimum Gasteiger partial charge on any atom is -0.375 e. The average Bonchev–Trinajstić information content (AvgIpc) is 3.12. The van der Waals surface area contributed by atoms with Gasteiger partial charge in [-0.25, -0.2) is 4.39 Å². The standard InChI is InChI=1S/C24H30FNO.ClH/c1-18-5-4-6-19(13-18)15-26-16-21-17-27-24(11-2-3-12-24)14-23(21)20-7-9-22(25)10-8-20;/h4-10,13,21,23,26H,2-3,11-12,14-17H2,1H3;1H. The minimum absolute atomic E-state index is 0. The summed E-state index contributed by atoms with van der Waals surface area (Å²) in [5.41, 5.74) is 3.93. The smallest absolute Gasteiger partial charge is 0.123 e. The van der Waals surface area contributed by atoms with E-state index >= 15 is 0 Å². The Kier molecular flexibility index (Phi) is 7.14. The van der Waals surface area contributed by atoms with Gasteiger partial charge in [0.2, 0.25) is 0 Å². The summed E-state index contributed by atoms with van der Waals surface area (Å²) in [7, 11) is 0. The Labute approximate surface area is 174 Å². The first-order chi connectivity index (χ1) is 13.1. The molecule has 1 N–H and O–H groups in total. The van der Waals surface area contributed by atoms with Crippen molar-refractivity contribution in [3.05, 3.63) is 71.0 Å². The average molecular weight is 404 g/mol. The molecule has 28 heavy (non-hydrogen) atoms. The second-order valence-electron chi connectivity index (χ2n) is 8.44. The fraction of sp³-hybridized carbons (Fsp3) is 0.500. The predicted molar refractivity (Wildman–Crippen MR) is 115 cm³/mol. The van der Waals surface area contributed by atoms with Crippen LogP contribution in [0.1, 0.15) is 54.7 Å². The van der Waals surface area contributed by atoms with E-state index in [-0.39, 0.29) is 23.8 Å². The number of rotatable bonds is 5. The van der Waals surface area contributed by atoms with Gasteiger partial charge in [0.25, 0.3) is 0 Å². The largest absolute Gasteiger partial charge is 0.375 e. The molecule has 1 saturated heterocycles. The van der Waals surface area contributed by atoms with Crippen molar-refractivity contribution in [2.45, 2.75) is 57.1 Å². The van der Waals surface area contributed by atoms with Crippen LogP contribution >= 0.6 is 12.4 Å². The molecule has 2 unspecified atom stereocenters. The van der Waals surface area contributed by atoms with Crippen LogP contribution in [0.4, 0.5) is 4.39 Å². The second-order valence-corrected chi connectivity index (χ2v) is 8.44. The molecule has 152 valence electrons. The van der Waals surface area contributed by atoms with Crippen LogP contribution in [0.25, 0.3) is 0 Å². The molecule has 4 heteroatoms. The number of halogens is 2. The van der Waals surface area contributed by atoms with Gasteiger partial charge in [-0.3, -0.25) is 0 Å². The number of benzene rings is 2. The van der Waals surface area contributed by atoms with Gasteiger partial charge in [-0.15, -0.1) is 12.4 Å². The number of nitrogens with one attached hydrogen (secondary N) is 1. The Morgan fingerprint density at radius 1 is 1.11 bits per heavy atom. The molecule has 0 amide bonds. The van der Waals surface area contributed by atoms with E-state index in [9.17, 15) is 4.39 Å². The summed E-state index contributed by atoms with van der Waals surface area (Å²) in [4.78, 5) is 0. The fourth-order valence-electron chi connectivity index (χ4n) is 4.92. The molecular formula is C24H31ClFNO. The molecule has 2 fully saturated rings. The third-order valence-corrected chi connectivity index (χ3v) is 6.40. The molecule has 2 aromatic carbocycles. The van der Waals surface area contributed by atoms with Crippen molar-refractivity contribution in [3.8, 4) is 0 Å². The van der Waals surface area contributed by atoms with E-state index < -0.39 is 0 Å². The summed E-state index contributed by atoms with van der Waals surface area (Å²) in [6.45, 7) is 4.72. The van der Waals surface area contributed by atoms with Gasteiger partial charge in [-0.2, -0.15) is 0 Å². The van der Waals surface area contributed by atoms with Crippen molar-refractivity contribution in [3.63, 3.8) is 0 Å². The van der Waals surface area contributed by atoms with Gasteiger partial charge in [0.15, 0.2) is 0 Å². The van der Waals surface area contributed by atoms with Crippen LogP contribution in [0.2, 0.25) is 0 Å². The molecule has 2 nitrogen and oxygen atoms in total. The number of hydrogen-bond acceptors (Lipinski definition) is 2. The fourth-order valence-corrected chi connectivity index (χ4v) is 4.92. The maximum atomic E-state index is 13.4. The van der Waals surface area contributed by atoms with Crippen LogP contribution in [0.3, 0.4) is 0 Å². The van der Waals surface area contributed by atoms with Crippen LogP contribution in [0, 0.1) is 18.7 Å². The molecule has 1 spiro atoms. The van der Waals surface area contributed by atoms with E-state index in [1.54, 1.807) is 12.1 Å². The highest BCUT2D eigenvalue weighted by Gasteiger charge is 2.43. The Balaban J connectivity index is 0.00000225. The second kappa shape index (κ2) is 9.39. The van der Waals surface area contributed by atoms with Gasteiger partial charge in [0.1, 0.15) is 5.82 Å². The Hall–Kier alpha value is -1.42. The third kappa shape index (κ3) is 4.94. The molecule has 0 bridgehead atoms. The lowest BCUT2D eigenvalue weighted by atomic mass is 9.75. The molecule has 2 aromatic rings. The molecular weight excluding hydrogens is 373 g/mol. The van der Waals surface area contributed by atoms with Crippen molar-refractivity contribution < 1.29 is 9.13 Å². The first-order valence-electron chi connectivity index (χ1n) is 10.3. The number of ether oxygens (including phenoxy) is 1. The Morgan fingerprint density at radius 3 is 2.57 bits per heavy atom. The summed E-state index contributed by atoms with van der Waals surface area (Å²) in [5, 5.41) is 3.63. The monoisotopic (exact) mass is 403 g/mol. The van der Waals surface area contributed by atoms with E-state index in [2.05, 4.69) is 36.5 Å². The quantitative estimate of drug-likeness (QED) is 0.683. The zero-order valence-electron chi connectivity index (χ0n) is 16.6. The summed E-state index contributed by atoms with van der Waals surface area (Å²) < 4.78 is 19.9. The molecule has 0 radical (unpaired) electrons. The van der Waals surface area contributed by atoms with E-state index in [4.69, 9.17) is 4.74 Å². The SMILES string of the molecule is Cc1cccc(CNCC2COC3(CCCC3)CC2c2ccc(F)cc2)c1.Cl. The topological polar surface area (TPSA) is 21.3 Å². The summed E-state index contributed by atoms with van der Waals surface area (Å²) >= 11 is 0. The first-order valence-corrected chi connectivity index (χ1v) is 10.3. The maximum Gasteiger partial charge on any atom is 0.123 e. The Bertz CT molecular complexity index is 757. The predicted octanol–water partition coefficient (Wildman–Crippen LogP) is 5.78. The van der Waals surface area contributed by atoms with E-state index in [1.165, 1.54) is 42.4 Å². The van der Waals surface area contributed by atoms with Crippen molar-refractivity contribution in [2.24, 2.45) is 5.92 Å². The highest BCUT2D eigenvalue weighted by molar-refractivity contribution is 5.85. The molecule has 4 rings (SSSR count). The lowest BCUT2D eigenvalue weighted by Gasteiger charge is -2.43. The van der Waals surface area contributed by atoms with Crippen molar-refractivity contribution in [1.29, 1.82) is 0 Å². The lowest BCUT2D eigenvalue weighted by Crippen LogP contribution is -2.44. The third-order valence-electron chi connectivity index (χ3n) is 6.40. The highest BCUT2D eigenvalue weighted by Crippen LogP contribution is 2.47. The van der Waals surface area contributed by atoms with E-state index in [0.717, 1.165) is 26.1 Å². The molecule has 2 atom stereocenters. The van der Waals surface area contributed by atoms with Gasteiger partial charge in [-0.05, 0) is 55.4 Å². The van der Waals surface area contributed by atoms with Crippen molar-refractivity contribution in [2.75, 3.05) is 13.2 Å². The maximum absolute atomic E-state index is 13.4. The number of hydrogen-bond donors (Lipinski definition) is 1. The molecule has 1 aliphatic carbocycles.